The summed E-state index contributed by atoms with van der Waals surface area (Å²) >= 11 is 6.35. The molecule has 0 bridgehead atoms. The first-order chi connectivity index (χ1) is 9.95. The summed E-state index contributed by atoms with van der Waals surface area (Å²) in [5.74, 6) is -1.45. The minimum Gasteiger partial charge on any atom is -0.427 e. The highest BCUT2D eigenvalue weighted by molar-refractivity contribution is 6.35. The monoisotopic (exact) mass is 307 g/mol. The number of H-pyrrole nitrogens is 1. The van der Waals surface area contributed by atoms with Crippen molar-refractivity contribution in [3.05, 3.63) is 34.5 Å². The van der Waals surface area contributed by atoms with Crippen LogP contribution < -0.4 is 0 Å². The SMILES string of the molecule is CC(=O)OC1(C(C)C)OCCc2c1[nH]c1cccc(Cl)c21. The van der Waals surface area contributed by atoms with Crippen LogP contribution >= 0.6 is 11.6 Å². The fourth-order valence-electron chi connectivity index (χ4n) is 3.06. The Bertz CT molecular complexity index is 707. The van der Waals surface area contributed by atoms with Crippen LogP contribution in [0.2, 0.25) is 5.02 Å². The molecule has 0 amide bonds. The molecular weight excluding hydrogens is 290 g/mol. The molecule has 1 atom stereocenters. The van der Waals surface area contributed by atoms with E-state index >= 15 is 0 Å². The molecule has 1 aromatic carbocycles. The number of nitrogens with one attached hydrogen (secondary N) is 1. The molecule has 112 valence electrons. The number of halogens is 1. The van der Waals surface area contributed by atoms with Crippen molar-refractivity contribution in [1.82, 2.24) is 4.98 Å². The number of esters is 1. The molecule has 1 N–H and O–H groups in total. The predicted molar refractivity (Wildman–Crippen MR) is 81.2 cm³/mol. The van der Waals surface area contributed by atoms with E-state index in [0.717, 1.165) is 28.6 Å². The van der Waals surface area contributed by atoms with Gasteiger partial charge in [-0.25, -0.2) is 0 Å². The van der Waals surface area contributed by atoms with Gasteiger partial charge in [-0.3, -0.25) is 4.79 Å². The minimum atomic E-state index is -1.07. The first-order valence-corrected chi connectivity index (χ1v) is 7.46. The molecule has 0 radical (unpaired) electrons. The average Bonchev–Trinajstić information content (AvgIpc) is 2.79. The summed E-state index contributed by atoms with van der Waals surface area (Å²) in [4.78, 5) is 14.9. The Morgan fingerprint density at radius 2 is 2.24 bits per heavy atom. The van der Waals surface area contributed by atoms with Gasteiger partial charge in [-0.1, -0.05) is 31.5 Å². The molecular formula is C16H18ClNO3. The lowest BCUT2D eigenvalue weighted by Crippen LogP contribution is -2.44. The number of fused-ring (bicyclic) bond motifs is 3. The first kappa shape index (κ1) is 14.4. The number of benzene rings is 1. The number of hydrogen-bond donors (Lipinski definition) is 1. The van der Waals surface area contributed by atoms with Gasteiger partial charge in [-0.2, -0.15) is 0 Å². The van der Waals surface area contributed by atoms with E-state index in [4.69, 9.17) is 21.1 Å². The van der Waals surface area contributed by atoms with Gasteiger partial charge < -0.3 is 14.5 Å². The molecule has 3 rings (SSSR count). The number of aromatic nitrogens is 1. The number of ether oxygens (including phenoxy) is 2. The summed E-state index contributed by atoms with van der Waals surface area (Å²) < 4.78 is 11.5. The average molecular weight is 308 g/mol. The minimum absolute atomic E-state index is 0.0210. The van der Waals surface area contributed by atoms with E-state index in [9.17, 15) is 4.79 Å². The van der Waals surface area contributed by atoms with Gasteiger partial charge in [0.1, 0.15) is 0 Å². The lowest BCUT2D eigenvalue weighted by molar-refractivity contribution is -0.265. The zero-order chi connectivity index (χ0) is 15.2. The maximum atomic E-state index is 11.6. The number of rotatable bonds is 2. The number of hydrogen-bond acceptors (Lipinski definition) is 3. The number of aromatic amines is 1. The summed E-state index contributed by atoms with van der Waals surface area (Å²) in [6, 6.07) is 5.74. The van der Waals surface area contributed by atoms with Crippen LogP contribution in [0.15, 0.2) is 18.2 Å². The Labute approximate surface area is 128 Å². The summed E-state index contributed by atoms with van der Waals surface area (Å²) in [5, 5.41) is 1.70. The number of carbonyl (C=O) groups is 1. The van der Waals surface area contributed by atoms with Crippen molar-refractivity contribution in [1.29, 1.82) is 0 Å². The van der Waals surface area contributed by atoms with Crippen LogP contribution in [0.4, 0.5) is 0 Å². The lowest BCUT2D eigenvalue weighted by Gasteiger charge is -2.39. The summed E-state index contributed by atoms with van der Waals surface area (Å²) in [6.07, 6.45) is 0.745. The third-order valence-electron chi connectivity index (χ3n) is 3.95. The summed E-state index contributed by atoms with van der Waals surface area (Å²) in [6.45, 7) is 5.85. The summed E-state index contributed by atoms with van der Waals surface area (Å²) in [7, 11) is 0. The maximum absolute atomic E-state index is 11.6. The van der Waals surface area contributed by atoms with E-state index in [-0.39, 0.29) is 11.9 Å². The van der Waals surface area contributed by atoms with Crippen LogP contribution in [0.5, 0.6) is 0 Å². The standard InChI is InChI=1S/C16H18ClNO3/c1-9(2)16(21-10(3)19)15-11(7-8-20-16)14-12(17)5-4-6-13(14)18-15/h4-6,9,18H,7-8H2,1-3H3. The second-order valence-electron chi connectivity index (χ2n) is 5.66. The van der Waals surface area contributed by atoms with Gasteiger partial charge in [0.05, 0.1) is 17.3 Å². The Morgan fingerprint density at radius 1 is 1.48 bits per heavy atom. The second-order valence-corrected chi connectivity index (χ2v) is 6.06. The number of carbonyl (C=O) groups excluding carboxylic acids is 1. The molecule has 1 unspecified atom stereocenters. The zero-order valence-corrected chi connectivity index (χ0v) is 13.1. The Balaban J connectivity index is 2.28. The van der Waals surface area contributed by atoms with Gasteiger partial charge in [0, 0.05) is 23.7 Å². The van der Waals surface area contributed by atoms with E-state index in [2.05, 4.69) is 4.98 Å². The van der Waals surface area contributed by atoms with Crippen molar-refractivity contribution in [2.24, 2.45) is 5.92 Å². The molecule has 0 saturated heterocycles. The fraction of sp³-hybridized carbons (Fsp3) is 0.438. The highest BCUT2D eigenvalue weighted by Crippen LogP contribution is 2.44. The Kier molecular flexibility index (Phi) is 3.46. The molecule has 0 saturated carbocycles. The van der Waals surface area contributed by atoms with Crippen molar-refractivity contribution in [3.8, 4) is 0 Å². The van der Waals surface area contributed by atoms with Crippen molar-refractivity contribution in [2.75, 3.05) is 6.61 Å². The molecule has 1 aliphatic heterocycles. The van der Waals surface area contributed by atoms with Crippen molar-refractivity contribution >= 4 is 28.5 Å². The van der Waals surface area contributed by atoms with Crippen LogP contribution in [-0.4, -0.2) is 17.6 Å². The van der Waals surface area contributed by atoms with Crippen LogP contribution in [0, 0.1) is 5.92 Å². The van der Waals surface area contributed by atoms with Crippen LogP contribution in [0.25, 0.3) is 10.9 Å². The molecule has 1 aliphatic rings. The van der Waals surface area contributed by atoms with Crippen LogP contribution in [-0.2, 0) is 26.5 Å². The maximum Gasteiger partial charge on any atom is 0.305 e. The molecule has 2 heterocycles. The van der Waals surface area contributed by atoms with Crippen molar-refractivity contribution in [3.63, 3.8) is 0 Å². The van der Waals surface area contributed by atoms with Crippen molar-refractivity contribution < 1.29 is 14.3 Å². The highest BCUT2D eigenvalue weighted by Gasteiger charge is 2.46. The van der Waals surface area contributed by atoms with Crippen molar-refractivity contribution in [2.45, 2.75) is 33.0 Å². The van der Waals surface area contributed by atoms with Gasteiger partial charge in [-0.15, -0.1) is 0 Å². The molecule has 21 heavy (non-hydrogen) atoms. The summed E-state index contributed by atoms with van der Waals surface area (Å²) in [5.41, 5.74) is 2.83. The lowest BCUT2D eigenvalue weighted by atomic mass is 9.92. The van der Waals surface area contributed by atoms with Crippen LogP contribution in [0.1, 0.15) is 32.0 Å². The fourth-order valence-corrected chi connectivity index (χ4v) is 3.35. The van der Waals surface area contributed by atoms with E-state index in [0.29, 0.717) is 11.6 Å². The zero-order valence-electron chi connectivity index (χ0n) is 12.3. The molecule has 2 aromatic rings. The predicted octanol–water partition coefficient (Wildman–Crippen LogP) is 3.77. The second kappa shape index (κ2) is 5.04. The first-order valence-electron chi connectivity index (χ1n) is 7.09. The van der Waals surface area contributed by atoms with E-state index in [1.807, 2.05) is 32.0 Å². The molecule has 0 fully saturated rings. The van der Waals surface area contributed by atoms with Gasteiger partial charge >= 0.3 is 5.97 Å². The third kappa shape index (κ3) is 2.14. The molecule has 1 aromatic heterocycles. The van der Waals surface area contributed by atoms with Crippen LogP contribution in [0.3, 0.4) is 0 Å². The van der Waals surface area contributed by atoms with Gasteiger partial charge in [0.25, 0.3) is 5.79 Å². The Morgan fingerprint density at radius 3 is 2.90 bits per heavy atom. The third-order valence-corrected chi connectivity index (χ3v) is 4.26. The van der Waals surface area contributed by atoms with E-state index < -0.39 is 5.79 Å². The molecule has 0 spiro atoms. The molecule has 0 aliphatic carbocycles. The van der Waals surface area contributed by atoms with E-state index in [1.54, 1.807) is 0 Å². The quantitative estimate of drug-likeness (QED) is 0.859. The van der Waals surface area contributed by atoms with Gasteiger partial charge in [0.2, 0.25) is 0 Å². The topological polar surface area (TPSA) is 51.3 Å². The van der Waals surface area contributed by atoms with Gasteiger partial charge in [-0.05, 0) is 24.1 Å². The van der Waals surface area contributed by atoms with Gasteiger partial charge in [0.15, 0.2) is 0 Å². The normalized spacial score (nSPS) is 21.6. The highest BCUT2D eigenvalue weighted by atomic mass is 35.5. The van der Waals surface area contributed by atoms with E-state index in [1.165, 1.54) is 6.92 Å². The smallest absolute Gasteiger partial charge is 0.305 e. The Hall–Kier alpha value is -1.52. The molecule has 4 nitrogen and oxygen atoms in total. The molecule has 5 heteroatoms. The largest absolute Gasteiger partial charge is 0.427 e.